The first-order valence-electron chi connectivity index (χ1n) is 9.89. The molecule has 1 aromatic heterocycles. The second-order valence-corrected chi connectivity index (χ2v) is 6.89. The zero-order chi connectivity index (χ0) is 19.1. The summed E-state index contributed by atoms with van der Waals surface area (Å²) >= 11 is 0. The first-order chi connectivity index (χ1) is 13.2. The van der Waals surface area contributed by atoms with E-state index in [9.17, 15) is 4.79 Å². The average Bonchev–Trinajstić information content (AvgIpc) is 2.74. The van der Waals surface area contributed by atoms with Gasteiger partial charge in [-0.3, -0.25) is 4.79 Å². The number of nitrogens with zero attached hydrogens (tertiary/aromatic N) is 5. The molecule has 0 bridgehead atoms. The molecule has 0 aliphatic carbocycles. The SMILES string of the molecule is CCCN(CCC)c1cc(N2CCN(C=O)CC2)nc(-c2ccccc2)n1. The van der Waals surface area contributed by atoms with Crippen molar-refractivity contribution in [2.24, 2.45) is 0 Å². The predicted molar refractivity (Wildman–Crippen MR) is 110 cm³/mol. The molecule has 144 valence electrons. The summed E-state index contributed by atoms with van der Waals surface area (Å²) in [7, 11) is 0. The van der Waals surface area contributed by atoms with E-state index in [4.69, 9.17) is 9.97 Å². The van der Waals surface area contributed by atoms with Gasteiger partial charge in [-0.05, 0) is 12.8 Å². The third-order valence-corrected chi connectivity index (χ3v) is 4.83. The Balaban J connectivity index is 1.96. The van der Waals surface area contributed by atoms with E-state index in [1.54, 1.807) is 0 Å². The second-order valence-electron chi connectivity index (χ2n) is 6.89. The Hall–Kier alpha value is -2.63. The Labute approximate surface area is 161 Å². The van der Waals surface area contributed by atoms with Gasteiger partial charge in [-0.25, -0.2) is 9.97 Å². The topological polar surface area (TPSA) is 52.6 Å². The number of aromatic nitrogens is 2. The van der Waals surface area contributed by atoms with Gasteiger partial charge in [0.2, 0.25) is 6.41 Å². The second kappa shape index (κ2) is 9.35. The zero-order valence-corrected chi connectivity index (χ0v) is 16.3. The van der Waals surface area contributed by atoms with Gasteiger partial charge in [0.25, 0.3) is 0 Å². The van der Waals surface area contributed by atoms with Gasteiger partial charge in [-0.1, -0.05) is 44.2 Å². The monoisotopic (exact) mass is 367 g/mol. The highest BCUT2D eigenvalue weighted by molar-refractivity contribution is 5.62. The van der Waals surface area contributed by atoms with E-state index in [0.717, 1.165) is 81.5 Å². The molecule has 1 aromatic carbocycles. The summed E-state index contributed by atoms with van der Waals surface area (Å²) in [4.78, 5) is 27.2. The molecule has 0 atom stereocenters. The van der Waals surface area contributed by atoms with E-state index in [1.807, 2.05) is 23.1 Å². The standard InChI is InChI=1S/C21H29N5O/c1-3-10-25(11-4-2)19-16-20(26-14-12-24(17-27)13-15-26)23-21(22-19)18-8-6-5-7-9-18/h5-9,16-17H,3-4,10-15H2,1-2H3. The maximum Gasteiger partial charge on any atom is 0.209 e. The molecule has 0 unspecified atom stereocenters. The first-order valence-corrected chi connectivity index (χ1v) is 9.89. The third kappa shape index (κ3) is 4.76. The van der Waals surface area contributed by atoms with Crippen LogP contribution in [0.1, 0.15) is 26.7 Å². The largest absolute Gasteiger partial charge is 0.356 e. The van der Waals surface area contributed by atoms with Crippen molar-refractivity contribution in [3.63, 3.8) is 0 Å². The fourth-order valence-electron chi connectivity index (χ4n) is 3.40. The normalized spacial score (nSPS) is 14.3. The molecule has 27 heavy (non-hydrogen) atoms. The molecule has 1 amide bonds. The molecule has 3 rings (SSSR count). The molecule has 1 aliphatic heterocycles. The van der Waals surface area contributed by atoms with Crippen LogP contribution in [0.5, 0.6) is 0 Å². The van der Waals surface area contributed by atoms with Crippen LogP contribution in [0.25, 0.3) is 11.4 Å². The van der Waals surface area contributed by atoms with Gasteiger partial charge in [-0.15, -0.1) is 0 Å². The smallest absolute Gasteiger partial charge is 0.209 e. The minimum atomic E-state index is 0.733. The average molecular weight is 367 g/mol. The lowest BCUT2D eigenvalue weighted by molar-refractivity contribution is -0.118. The van der Waals surface area contributed by atoms with E-state index in [2.05, 4.69) is 41.8 Å². The van der Waals surface area contributed by atoms with Crippen LogP contribution in [-0.2, 0) is 4.79 Å². The van der Waals surface area contributed by atoms with Crippen LogP contribution in [-0.4, -0.2) is 60.5 Å². The number of amides is 1. The molecule has 2 heterocycles. The van der Waals surface area contributed by atoms with Crippen molar-refractivity contribution in [1.29, 1.82) is 0 Å². The van der Waals surface area contributed by atoms with Gasteiger partial charge < -0.3 is 14.7 Å². The quantitative estimate of drug-likeness (QED) is 0.671. The molecular formula is C21H29N5O. The molecule has 0 saturated carbocycles. The van der Waals surface area contributed by atoms with Gasteiger partial charge in [0.1, 0.15) is 11.6 Å². The summed E-state index contributed by atoms with van der Waals surface area (Å²) in [6.07, 6.45) is 3.10. The van der Waals surface area contributed by atoms with Crippen molar-refractivity contribution in [2.45, 2.75) is 26.7 Å². The Morgan fingerprint density at radius 3 is 2.26 bits per heavy atom. The number of hydrogen-bond donors (Lipinski definition) is 0. The van der Waals surface area contributed by atoms with Crippen molar-refractivity contribution in [3.8, 4) is 11.4 Å². The van der Waals surface area contributed by atoms with Crippen molar-refractivity contribution in [2.75, 3.05) is 49.1 Å². The van der Waals surface area contributed by atoms with Crippen LogP contribution < -0.4 is 9.80 Å². The number of rotatable bonds is 8. The third-order valence-electron chi connectivity index (χ3n) is 4.83. The highest BCUT2D eigenvalue weighted by Gasteiger charge is 2.20. The van der Waals surface area contributed by atoms with Crippen LogP contribution in [0.4, 0.5) is 11.6 Å². The lowest BCUT2D eigenvalue weighted by atomic mass is 10.2. The van der Waals surface area contributed by atoms with Crippen LogP contribution in [0.3, 0.4) is 0 Å². The fourth-order valence-corrected chi connectivity index (χ4v) is 3.40. The summed E-state index contributed by atoms with van der Waals surface area (Å²) in [5, 5.41) is 0. The van der Waals surface area contributed by atoms with Gasteiger partial charge in [0.05, 0.1) is 0 Å². The molecular weight excluding hydrogens is 338 g/mol. The summed E-state index contributed by atoms with van der Waals surface area (Å²) in [5.74, 6) is 2.69. The summed E-state index contributed by atoms with van der Waals surface area (Å²) in [6.45, 7) is 9.42. The van der Waals surface area contributed by atoms with Gasteiger partial charge in [0.15, 0.2) is 5.82 Å². The molecule has 6 heteroatoms. The molecule has 2 aromatic rings. The van der Waals surface area contributed by atoms with Crippen LogP contribution in [0, 0.1) is 0 Å². The Morgan fingerprint density at radius 1 is 1.00 bits per heavy atom. The minimum absolute atomic E-state index is 0.733. The molecule has 1 fully saturated rings. The van der Waals surface area contributed by atoms with Gasteiger partial charge in [0, 0.05) is 50.9 Å². The van der Waals surface area contributed by atoms with Crippen LogP contribution in [0.2, 0.25) is 0 Å². The Bertz CT molecular complexity index is 723. The molecule has 1 aliphatic rings. The fraction of sp³-hybridized carbons (Fsp3) is 0.476. The number of benzene rings is 1. The maximum atomic E-state index is 11.0. The lowest BCUT2D eigenvalue weighted by Crippen LogP contribution is -2.46. The van der Waals surface area contributed by atoms with E-state index in [-0.39, 0.29) is 0 Å². The van der Waals surface area contributed by atoms with Gasteiger partial charge >= 0.3 is 0 Å². The first kappa shape index (κ1) is 19.1. The molecule has 6 nitrogen and oxygen atoms in total. The number of carbonyl (C=O) groups is 1. The molecule has 0 radical (unpaired) electrons. The number of carbonyl (C=O) groups excluding carboxylic acids is 1. The Morgan fingerprint density at radius 2 is 1.67 bits per heavy atom. The molecule has 0 N–H and O–H groups in total. The van der Waals surface area contributed by atoms with E-state index < -0.39 is 0 Å². The zero-order valence-electron chi connectivity index (χ0n) is 16.3. The van der Waals surface area contributed by atoms with Crippen molar-refractivity contribution < 1.29 is 4.79 Å². The van der Waals surface area contributed by atoms with E-state index in [0.29, 0.717) is 0 Å². The van der Waals surface area contributed by atoms with E-state index in [1.165, 1.54) is 0 Å². The Kier molecular flexibility index (Phi) is 6.63. The molecule has 0 spiro atoms. The maximum absolute atomic E-state index is 11.0. The number of piperazine rings is 1. The summed E-state index contributed by atoms with van der Waals surface area (Å²) < 4.78 is 0. The molecule has 1 saturated heterocycles. The summed E-state index contributed by atoms with van der Waals surface area (Å²) in [6, 6.07) is 12.3. The highest BCUT2D eigenvalue weighted by Crippen LogP contribution is 2.25. The highest BCUT2D eigenvalue weighted by atomic mass is 16.1. The summed E-state index contributed by atoms with van der Waals surface area (Å²) in [5.41, 5.74) is 1.03. The van der Waals surface area contributed by atoms with Crippen molar-refractivity contribution >= 4 is 18.0 Å². The van der Waals surface area contributed by atoms with E-state index >= 15 is 0 Å². The lowest BCUT2D eigenvalue weighted by Gasteiger charge is -2.34. The van der Waals surface area contributed by atoms with Crippen molar-refractivity contribution in [1.82, 2.24) is 14.9 Å². The predicted octanol–water partition coefficient (Wildman–Crippen LogP) is 3.05. The minimum Gasteiger partial charge on any atom is -0.356 e. The van der Waals surface area contributed by atoms with Crippen LogP contribution >= 0.6 is 0 Å². The van der Waals surface area contributed by atoms with Crippen LogP contribution in [0.15, 0.2) is 36.4 Å². The number of anilines is 2. The van der Waals surface area contributed by atoms with Gasteiger partial charge in [-0.2, -0.15) is 0 Å². The van der Waals surface area contributed by atoms with Crippen molar-refractivity contribution in [3.05, 3.63) is 36.4 Å². The number of hydrogen-bond acceptors (Lipinski definition) is 5.